The number of rotatable bonds is 7. The summed E-state index contributed by atoms with van der Waals surface area (Å²) in [7, 11) is 0. The van der Waals surface area contributed by atoms with Crippen LogP contribution in [0.2, 0.25) is 0 Å². The Balaban J connectivity index is 2.62. The van der Waals surface area contributed by atoms with E-state index in [1.165, 1.54) is 6.20 Å². The van der Waals surface area contributed by atoms with Crippen LogP contribution in [0.3, 0.4) is 0 Å². The molecular formula is C12H18ClN3O3. The van der Waals surface area contributed by atoms with Gasteiger partial charge in [0.15, 0.2) is 0 Å². The van der Waals surface area contributed by atoms with E-state index >= 15 is 0 Å². The molecule has 0 spiro atoms. The second kappa shape index (κ2) is 7.25. The van der Waals surface area contributed by atoms with Crippen molar-refractivity contribution in [2.24, 2.45) is 0 Å². The van der Waals surface area contributed by atoms with E-state index < -0.39 is 4.92 Å². The molecule has 0 aliphatic heterocycles. The molecule has 0 fully saturated rings. The molecule has 0 aromatic carbocycles. The van der Waals surface area contributed by atoms with Crippen LogP contribution in [0, 0.1) is 17.0 Å². The average Bonchev–Trinajstić information content (AvgIpc) is 2.33. The third-order valence-electron chi connectivity index (χ3n) is 2.43. The minimum atomic E-state index is -0.449. The molecule has 6 nitrogen and oxygen atoms in total. The Labute approximate surface area is 117 Å². The molecule has 0 bridgehead atoms. The van der Waals surface area contributed by atoms with Gasteiger partial charge in [0.1, 0.15) is 12.0 Å². The molecule has 19 heavy (non-hydrogen) atoms. The Kier molecular flexibility index (Phi) is 5.98. The first-order valence-corrected chi connectivity index (χ1v) is 6.53. The Bertz CT molecular complexity index is 440. The molecule has 1 heterocycles. The third kappa shape index (κ3) is 5.00. The van der Waals surface area contributed by atoms with Gasteiger partial charge in [-0.2, -0.15) is 0 Å². The van der Waals surface area contributed by atoms with E-state index in [1.54, 1.807) is 13.0 Å². The van der Waals surface area contributed by atoms with E-state index in [-0.39, 0.29) is 17.9 Å². The maximum absolute atomic E-state index is 10.7. The number of aryl methyl sites for hydroxylation is 1. The van der Waals surface area contributed by atoms with Gasteiger partial charge in [0, 0.05) is 12.1 Å². The smallest absolute Gasteiger partial charge is 0.290 e. The summed E-state index contributed by atoms with van der Waals surface area (Å²) in [5, 5.41) is 13.7. The number of halogens is 1. The summed E-state index contributed by atoms with van der Waals surface area (Å²) in [5.41, 5.74) is 0.576. The lowest BCUT2D eigenvalue weighted by Crippen LogP contribution is -2.28. The van der Waals surface area contributed by atoms with E-state index in [2.05, 4.69) is 10.3 Å². The summed E-state index contributed by atoms with van der Waals surface area (Å²) in [5.74, 6) is 0.947. The van der Waals surface area contributed by atoms with Crippen molar-refractivity contribution < 1.29 is 9.66 Å². The van der Waals surface area contributed by atoms with Gasteiger partial charge in [0.2, 0.25) is 0 Å². The molecule has 1 unspecified atom stereocenters. The fraction of sp³-hybridized carbons (Fsp3) is 0.583. The van der Waals surface area contributed by atoms with Crippen molar-refractivity contribution in [3.05, 3.63) is 27.9 Å². The highest BCUT2D eigenvalue weighted by molar-refractivity contribution is 6.18. The molecule has 1 N–H and O–H groups in total. The quantitative estimate of drug-likeness (QED) is 0.474. The number of nitro groups is 1. The normalized spacial score (nSPS) is 12.5. The second-order valence-electron chi connectivity index (χ2n) is 4.46. The van der Waals surface area contributed by atoms with Crippen molar-refractivity contribution in [1.29, 1.82) is 0 Å². The van der Waals surface area contributed by atoms with Crippen LogP contribution in [-0.2, 0) is 4.74 Å². The van der Waals surface area contributed by atoms with Crippen molar-refractivity contribution in [3.8, 4) is 0 Å². The molecule has 0 aliphatic carbocycles. The van der Waals surface area contributed by atoms with Crippen LogP contribution in [0.25, 0.3) is 0 Å². The monoisotopic (exact) mass is 287 g/mol. The maximum Gasteiger partial charge on any atom is 0.290 e. The second-order valence-corrected chi connectivity index (χ2v) is 4.76. The molecule has 1 rings (SSSR count). The Morgan fingerprint density at radius 2 is 2.26 bits per heavy atom. The van der Waals surface area contributed by atoms with Crippen molar-refractivity contribution >= 4 is 23.1 Å². The average molecular weight is 288 g/mol. The molecule has 0 saturated carbocycles. The van der Waals surface area contributed by atoms with Crippen LogP contribution in [0.5, 0.6) is 0 Å². The summed E-state index contributed by atoms with van der Waals surface area (Å²) in [6.45, 7) is 6.06. The van der Waals surface area contributed by atoms with Crippen LogP contribution in [-0.4, -0.2) is 34.5 Å². The highest BCUT2D eigenvalue weighted by Gasteiger charge is 2.13. The number of hydrogen-bond donors (Lipinski definition) is 1. The number of anilines is 1. The van der Waals surface area contributed by atoms with Gasteiger partial charge >= 0.3 is 0 Å². The Hall–Kier alpha value is -1.40. The summed E-state index contributed by atoms with van der Waals surface area (Å²) in [6.07, 6.45) is 1.22. The van der Waals surface area contributed by atoms with Gasteiger partial charge in [-0.15, -0.1) is 11.6 Å². The molecule has 1 aromatic rings. The minimum absolute atomic E-state index is 0.0119. The van der Waals surface area contributed by atoms with Crippen LogP contribution in [0.1, 0.15) is 19.4 Å². The van der Waals surface area contributed by atoms with Gasteiger partial charge in [0.25, 0.3) is 5.69 Å². The number of nitrogens with one attached hydrogen (secondary N) is 1. The lowest BCUT2D eigenvalue weighted by atomic mass is 10.2. The number of ether oxygens (including phenoxy) is 1. The highest BCUT2D eigenvalue weighted by atomic mass is 35.5. The molecule has 1 aromatic heterocycles. The van der Waals surface area contributed by atoms with Crippen molar-refractivity contribution in [3.63, 3.8) is 0 Å². The first-order valence-electron chi connectivity index (χ1n) is 6.00. The third-order valence-corrected chi connectivity index (χ3v) is 2.77. The summed E-state index contributed by atoms with van der Waals surface area (Å²) >= 11 is 5.80. The van der Waals surface area contributed by atoms with E-state index in [0.29, 0.717) is 23.8 Å². The van der Waals surface area contributed by atoms with Gasteiger partial charge in [-0.25, -0.2) is 4.98 Å². The van der Waals surface area contributed by atoms with Crippen molar-refractivity contribution in [2.75, 3.05) is 17.7 Å². The molecular weight excluding hydrogens is 270 g/mol. The SMILES string of the molecule is Cc1cc(NCC(CCl)OC(C)C)ncc1[N+](=O)[O-]. The molecule has 7 heteroatoms. The predicted octanol–water partition coefficient (Wildman–Crippen LogP) is 2.74. The first kappa shape index (κ1) is 15.7. The topological polar surface area (TPSA) is 77.3 Å². The standard InChI is InChI=1S/C12H18ClN3O3/c1-8(2)19-10(5-13)6-14-12-4-9(3)11(7-15-12)16(17)18/h4,7-8,10H,5-6H2,1-3H3,(H,14,15). The zero-order valence-electron chi connectivity index (χ0n) is 11.2. The van der Waals surface area contributed by atoms with Crippen molar-refractivity contribution in [1.82, 2.24) is 4.98 Å². The van der Waals surface area contributed by atoms with Crippen molar-refractivity contribution in [2.45, 2.75) is 33.0 Å². The zero-order chi connectivity index (χ0) is 14.4. The Morgan fingerprint density at radius 1 is 1.58 bits per heavy atom. The van der Waals surface area contributed by atoms with Crippen LogP contribution < -0.4 is 5.32 Å². The molecule has 0 amide bonds. The highest BCUT2D eigenvalue weighted by Crippen LogP contribution is 2.18. The zero-order valence-corrected chi connectivity index (χ0v) is 12.0. The van der Waals surface area contributed by atoms with Gasteiger partial charge < -0.3 is 10.1 Å². The minimum Gasteiger partial charge on any atom is -0.372 e. The fourth-order valence-electron chi connectivity index (χ4n) is 1.58. The first-order chi connectivity index (χ1) is 8.93. The molecule has 106 valence electrons. The predicted molar refractivity (Wildman–Crippen MR) is 74.8 cm³/mol. The van der Waals surface area contributed by atoms with E-state index in [9.17, 15) is 10.1 Å². The molecule has 1 atom stereocenters. The van der Waals surface area contributed by atoms with Gasteiger partial charge in [-0.1, -0.05) is 0 Å². The van der Waals surface area contributed by atoms with E-state index in [4.69, 9.17) is 16.3 Å². The van der Waals surface area contributed by atoms with Crippen LogP contribution >= 0.6 is 11.6 Å². The number of aromatic nitrogens is 1. The molecule has 0 aliphatic rings. The summed E-state index contributed by atoms with van der Waals surface area (Å²) < 4.78 is 5.58. The van der Waals surface area contributed by atoms with E-state index in [1.807, 2.05) is 13.8 Å². The number of hydrogen-bond acceptors (Lipinski definition) is 5. The fourth-order valence-corrected chi connectivity index (χ4v) is 1.76. The summed E-state index contributed by atoms with van der Waals surface area (Å²) in [6, 6.07) is 1.64. The lowest BCUT2D eigenvalue weighted by Gasteiger charge is -2.18. The number of nitrogens with zero attached hydrogens (tertiary/aromatic N) is 2. The lowest BCUT2D eigenvalue weighted by molar-refractivity contribution is -0.385. The number of pyridine rings is 1. The van der Waals surface area contributed by atoms with E-state index in [0.717, 1.165) is 0 Å². The molecule has 0 saturated heterocycles. The maximum atomic E-state index is 10.7. The van der Waals surface area contributed by atoms with Crippen LogP contribution in [0.15, 0.2) is 12.3 Å². The molecule has 0 radical (unpaired) electrons. The van der Waals surface area contributed by atoms with Gasteiger partial charge in [-0.3, -0.25) is 10.1 Å². The van der Waals surface area contributed by atoms with Crippen LogP contribution in [0.4, 0.5) is 11.5 Å². The van der Waals surface area contributed by atoms with Gasteiger partial charge in [0.05, 0.1) is 23.0 Å². The number of alkyl halides is 1. The van der Waals surface area contributed by atoms with Gasteiger partial charge in [-0.05, 0) is 26.8 Å². The largest absolute Gasteiger partial charge is 0.372 e. The summed E-state index contributed by atoms with van der Waals surface area (Å²) in [4.78, 5) is 14.2. The Morgan fingerprint density at radius 3 is 2.74 bits per heavy atom.